The maximum Gasteiger partial charge on any atom is 0.338 e. The van der Waals surface area contributed by atoms with E-state index < -0.39 is 16.0 Å². The normalized spacial score (nSPS) is 11.3. The minimum Gasteiger partial charge on any atom is -0.459 e. The molecule has 0 aliphatic carbocycles. The lowest BCUT2D eigenvalue weighted by atomic mass is 10.2. The number of carbonyl (C=O) groups excluding carboxylic acids is 1. The van der Waals surface area contributed by atoms with E-state index >= 15 is 0 Å². The number of hydrogen-bond donors (Lipinski definition) is 1. The third-order valence-corrected chi connectivity index (χ3v) is 4.77. The number of anilines is 1. The van der Waals surface area contributed by atoms with Crippen molar-refractivity contribution in [3.05, 3.63) is 58.6 Å². The van der Waals surface area contributed by atoms with Gasteiger partial charge in [0.1, 0.15) is 0 Å². The number of esters is 1. The van der Waals surface area contributed by atoms with Gasteiger partial charge >= 0.3 is 5.97 Å². The average Bonchev–Trinajstić information content (AvgIpc) is 2.47. The first kappa shape index (κ1) is 17.5. The Kier molecular flexibility index (Phi) is 5.43. The first-order chi connectivity index (χ1) is 10.8. The van der Waals surface area contributed by atoms with Gasteiger partial charge in [0.15, 0.2) is 0 Å². The third-order valence-electron chi connectivity index (χ3n) is 2.84. The molecule has 0 bridgehead atoms. The zero-order valence-corrected chi connectivity index (χ0v) is 15.0. The topological polar surface area (TPSA) is 72.5 Å². The largest absolute Gasteiger partial charge is 0.459 e. The van der Waals surface area contributed by atoms with Crippen LogP contribution in [0.15, 0.2) is 57.9 Å². The lowest BCUT2D eigenvalue weighted by Crippen LogP contribution is -2.14. The van der Waals surface area contributed by atoms with Crippen LogP contribution in [0.4, 0.5) is 5.69 Å². The lowest BCUT2D eigenvalue weighted by Gasteiger charge is -2.10. The summed E-state index contributed by atoms with van der Waals surface area (Å²) in [4.78, 5) is 11.9. The monoisotopic (exact) mass is 397 g/mol. The van der Waals surface area contributed by atoms with Gasteiger partial charge in [0.2, 0.25) is 0 Å². The Morgan fingerprint density at radius 3 is 2.13 bits per heavy atom. The number of halogens is 1. The van der Waals surface area contributed by atoms with Crippen molar-refractivity contribution in [1.82, 2.24) is 0 Å². The number of rotatable bonds is 5. The summed E-state index contributed by atoms with van der Waals surface area (Å²) in [6, 6.07) is 12.4. The van der Waals surface area contributed by atoms with Gasteiger partial charge in [-0.05, 0) is 62.4 Å². The Balaban J connectivity index is 2.14. The van der Waals surface area contributed by atoms with Crippen LogP contribution in [0.25, 0.3) is 0 Å². The molecule has 23 heavy (non-hydrogen) atoms. The van der Waals surface area contributed by atoms with Crippen LogP contribution in [-0.4, -0.2) is 20.5 Å². The van der Waals surface area contributed by atoms with Crippen molar-refractivity contribution < 1.29 is 17.9 Å². The zero-order chi connectivity index (χ0) is 17.0. The van der Waals surface area contributed by atoms with Crippen molar-refractivity contribution >= 4 is 37.6 Å². The van der Waals surface area contributed by atoms with Gasteiger partial charge in [-0.25, -0.2) is 13.2 Å². The summed E-state index contributed by atoms with van der Waals surface area (Å²) < 4.78 is 32.9. The van der Waals surface area contributed by atoms with E-state index in [-0.39, 0.29) is 11.0 Å². The molecule has 0 unspecified atom stereocenters. The second-order valence-corrected chi connectivity index (χ2v) is 7.69. The Bertz CT molecular complexity index is 784. The highest BCUT2D eigenvalue weighted by Crippen LogP contribution is 2.19. The second-order valence-electron chi connectivity index (χ2n) is 5.09. The summed E-state index contributed by atoms with van der Waals surface area (Å²) in [6.45, 7) is 3.53. The first-order valence-corrected chi connectivity index (χ1v) is 9.15. The maximum absolute atomic E-state index is 12.3. The molecule has 0 saturated heterocycles. The summed E-state index contributed by atoms with van der Waals surface area (Å²) in [5.41, 5.74) is 0.735. The van der Waals surface area contributed by atoms with E-state index in [2.05, 4.69) is 20.7 Å². The molecule has 7 heteroatoms. The van der Waals surface area contributed by atoms with E-state index in [0.717, 1.165) is 4.47 Å². The van der Waals surface area contributed by atoms with E-state index in [0.29, 0.717) is 11.3 Å². The van der Waals surface area contributed by atoms with Gasteiger partial charge in [-0.3, -0.25) is 4.72 Å². The molecule has 0 fully saturated rings. The van der Waals surface area contributed by atoms with Crippen LogP contribution in [0.5, 0.6) is 0 Å². The van der Waals surface area contributed by atoms with Gasteiger partial charge in [-0.15, -0.1) is 0 Å². The molecule has 0 atom stereocenters. The molecule has 1 N–H and O–H groups in total. The van der Waals surface area contributed by atoms with Gasteiger partial charge in [0, 0.05) is 10.2 Å². The number of benzene rings is 2. The highest BCUT2D eigenvalue weighted by Gasteiger charge is 2.15. The number of hydrogen-bond acceptors (Lipinski definition) is 4. The summed E-state index contributed by atoms with van der Waals surface area (Å²) in [5, 5.41) is 0. The SMILES string of the molecule is CC(C)OC(=O)c1ccc(NS(=O)(=O)c2ccc(Br)cc2)cc1. The van der Waals surface area contributed by atoms with Crippen molar-refractivity contribution in [2.45, 2.75) is 24.8 Å². The molecule has 0 amide bonds. The standard InChI is InChI=1S/C16H16BrNO4S/c1-11(2)22-16(19)12-3-7-14(8-4-12)18-23(20,21)15-9-5-13(17)6-10-15/h3-11,18H,1-2H3. The van der Waals surface area contributed by atoms with Crippen molar-refractivity contribution in [2.75, 3.05) is 4.72 Å². The van der Waals surface area contributed by atoms with E-state index in [9.17, 15) is 13.2 Å². The molecule has 2 aromatic carbocycles. The van der Waals surface area contributed by atoms with Crippen molar-refractivity contribution in [3.8, 4) is 0 Å². The van der Waals surface area contributed by atoms with Gasteiger partial charge in [0.25, 0.3) is 10.0 Å². The van der Waals surface area contributed by atoms with Crippen LogP contribution in [0.3, 0.4) is 0 Å². The van der Waals surface area contributed by atoms with Gasteiger partial charge in [0.05, 0.1) is 16.6 Å². The minimum absolute atomic E-state index is 0.156. The molecule has 2 aromatic rings. The maximum atomic E-state index is 12.3. The van der Waals surface area contributed by atoms with Crippen LogP contribution in [0, 0.1) is 0 Å². The molecule has 0 aromatic heterocycles. The Morgan fingerprint density at radius 2 is 1.61 bits per heavy atom. The fraction of sp³-hybridized carbons (Fsp3) is 0.188. The molecule has 0 spiro atoms. The molecule has 0 radical (unpaired) electrons. The third kappa shape index (κ3) is 4.80. The van der Waals surface area contributed by atoms with E-state index in [1.54, 1.807) is 26.0 Å². The Morgan fingerprint density at radius 1 is 1.04 bits per heavy atom. The Hall–Kier alpha value is -1.86. The van der Waals surface area contributed by atoms with Crippen molar-refractivity contribution in [2.24, 2.45) is 0 Å². The van der Waals surface area contributed by atoms with Crippen LogP contribution >= 0.6 is 15.9 Å². The first-order valence-electron chi connectivity index (χ1n) is 6.87. The summed E-state index contributed by atoms with van der Waals surface area (Å²) in [5.74, 6) is -0.442. The fourth-order valence-corrected chi connectivity index (χ4v) is 3.11. The van der Waals surface area contributed by atoms with E-state index in [1.165, 1.54) is 36.4 Å². The van der Waals surface area contributed by atoms with Gasteiger partial charge in [-0.1, -0.05) is 15.9 Å². The van der Waals surface area contributed by atoms with Crippen LogP contribution in [0.1, 0.15) is 24.2 Å². The fourth-order valence-electron chi connectivity index (χ4n) is 1.78. The number of carbonyl (C=O) groups is 1. The summed E-state index contributed by atoms with van der Waals surface area (Å²) >= 11 is 3.26. The number of nitrogens with one attached hydrogen (secondary N) is 1. The smallest absolute Gasteiger partial charge is 0.338 e. The highest BCUT2D eigenvalue weighted by atomic mass is 79.9. The lowest BCUT2D eigenvalue weighted by molar-refractivity contribution is 0.0378. The number of ether oxygens (including phenoxy) is 1. The zero-order valence-electron chi connectivity index (χ0n) is 12.6. The second kappa shape index (κ2) is 7.14. The summed E-state index contributed by atoms with van der Waals surface area (Å²) in [6.07, 6.45) is -0.210. The molecule has 0 saturated carbocycles. The van der Waals surface area contributed by atoms with E-state index in [1.807, 2.05) is 0 Å². The molecule has 0 aliphatic rings. The molecular formula is C16H16BrNO4S. The Labute approximate surface area is 143 Å². The van der Waals surface area contributed by atoms with Crippen molar-refractivity contribution in [1.29, 1.82) is 0 Å². The average molecular weight is 398 g/mol. The van der Waals surface area contributed by atoms with Gasteiger partial charge < -0.3 is 4.74 Å². The predicted octanol–water partition coefficient (Wildman–Crippen LogP) is 3.82. The summed E-state index contributed by atoms with van der Waals surface area (Å²) in [7, 11) is -3.67. The molecular weight excluding hydrogens is 382 g/mol. The molecule has 2 rings (SSSR count). The minimum atomic E-state index is -3.67. The van der Waals surface area contributed by atoms with Crippen LogP contribution in [0.2, 0.25) is 0 Å². The highest BCUT2D eigenvalue weighted by molar-refractivity contribution is 9.10. The van der Waals surface area contributed by atoms with Gasteiger partial charge in [-0.2, -0.15) is 0 Å². The van der Waals surface area contributed by atoms with E-state index in [4.69, 9.17) is 4.74 Å². The quantitative estimate of drug-likeness (QED) is 0.778. The van der Waals surface area contributed by atoms with Crippen LogP contribution in [-0.2, 0) is 14.8 Å². The molecule has 122 valence electrons. The molecule has 5 nitrogen and oxygen atoms in total. The number of sulfonamides is 1. The van der Waals surface area contributed by atoms with Crippen LogP contribution < -0.4 is 4.72 Å². The molecule has 0 aliphatic heterocycles. The van der Waals surface area contributed by atoms with Crippen molar-refractivity contribution in [3.63, 3.8) is 0 Å². The predicted molar refractivity (Wildman–Crippen MR) is 91.9 cm³/mol. The molecule has 0 heterocycles.